The maximum absolute atomic E-state index is 8.91. The van der Waals surface area contributed by atoms with Gasteiger partial charge in [0.2, 0.25) is 5.95 Å². The minimum Gasteiger partial charge on any atom is -0.394 e. The smallest absolute Gasteiger partial charge is 0.226 e. The highest BCUT2D eigenvalue weighted by molar-refractivity contribution is 5.54. The molecular formula is C33H56N8O3. The first-order valence-corrected chi connectivity index (χ1v) is 16.9. The molecule has 0 spiro atoms. The average molecular weight is 613 g/mol. The second-order valence-corrected chi connectivity index (χ2v) is 11.7. The van der Waals surface area contributed by atoms with Gasteiger partial charge in [-0.15, -0.1) is 0 Å². The average Bonchev–Trinajstić information content (AvgIpc) is 3.07. The van der Waals surface area contributed by atoms with Gasteiger partial charge in [-0.25, -0.2) is 0 Å². The highest BCUT2D eigenvalue weighted by atomic mass is 16.5. The first-order chi connectivity index (χ1) is 21.7. The van der Waals surface area contributed by atoms with Gasteiger partial charge in [-0.3, -0.25) is 4.90 Å². The summed E-state index contributed by atoms with van der Waals surface area (Å²) in [5.74, 6) is 2.34. The largest absolute Gasteiger partial charge is 0.394 e. The number of rotatable bonds is 21. The fourth-order valence-corrected chi connectivity index (χ4v) is 5.74. The minimum atomic E-state index is 0.0695. The number of anilines is 3. The van der Waals surface area contributed by atoms with Gasteiger partial charge in [0.25, 0.3) is 0 Å². The van der Waals surface area contributed by atoms with Crippen LogP contribution in [-0.2, 0) is 22.6 Å². The van der Waals surface area contributed by atoms with E-state index in [-0.39, 0.29) is 6.61 Å². The molecule has 2 fully saturated rings. The Morgan fingerprint density at radius 2 is 1.61 bits per heavy atom. The topological polar surface area (TPSA) is 119 Å². The highest BCUT2D eigenvalue weighted by Gasteiger charge is 2.19. The van der Waals surface area contributed by atoms with Crippen molar-refractivity contribution in [2.75, 3.05) is 101 Å². The molecule has 1 saturated carbocycles. The van der Waals surface area contributed by atoms with Crippen LogP contribution in [0.15, 0.2) is 30.3 Å². The Balaban J connectivity index is 1.22. The van der Waals surface area contributed by atoms with Crippen molar-refractivity contribution in [3.8, 4) is 0 Å². The predicted molar refractivity (Wildman–Crippen MR) is 179 cm³/mol. The molecule has 0 amide bonds. The van der Waals surface area contributed by atoms with E-state index in [4.69, 9.17) is 24.5 Å². The molecular weight excluding hydrogens is 556 g/mol. The Hall–Kier alpha value is -2.54. The molecule has 2 aliphatic rings. The fourth-order valence-electron chi connectivity index (χ4n) is 5.74. The van der Waals surface area contributed by atoms with Crippen LogP contribution in [0, 0.1) is 0 Å². The predicted octanol–water partition coefficient (Wildman–Crippen LogP) is 3.07. The van der Waals surface area contributed by atoms with Crippen LogP contribution in [0.1, 0.15) is 56.6 Å². The van der Waals surface area contributed by atoms with E-state index in [1.165, 1.54) is 43.2 Å². The van der Waals surface area contributed by atoms with Crippen LogP contribution in [0.2, 0.25) is 0 Å². The number of nitrogens with zero attached hydrogens (tertiary/aromatic N) is 4. The van der Waals surface area contributed by atoms with Gasteiger partial charge in [-0.05, 0) is 50.4 Å². The van der Waals surface area contributed by atoms with E-state index in [0.29, 0.717) is 45.5 Å². The van der Waals surface area contributed by atoms with Crippen molar-refractivity contribution in [3.05, 3.63) is 41.5 Å². The summed E-state index contributed by atoms with van der Waals surface area (Å²) in [6.45, 7) is 13.4. The van der Waals surface area contributed by atoms with Gasteiger partial charge < -0.3 is 40.7 Å². The van der Waals surface area contributed by atoms with Gasteiger partial charge in [-0.2, -0.15) is 9.97 Å². The van der Waals surface area contributed by atoms with E-state index in [2.05, 4.69) is 55.3 Å². The number of aliphatic hydroxyl groups excluding tert-OH is 1. The molecule has 2 heterocycles. The zero-order chi connectivity index (χ0) is 30.7. The second-order valence-electron chi connectivity index (χ2n) is 11.7. The molecule has 1 aromatic carbocycles. The summed E-state index contributed by atoms with van der Waals surface area (Å²) < 4.78 is 10.9. The molecule has 246 valence electrons. The van der Waals surface area contributed by atoms with Gasteiger partial charge in [-0.1, -0.05) is 43.5 Å². The Bertz CT molecular complexity index is 1030. The third kappa shape index (κ3) is 12.8. The minimum absolute atomic E-state index is 0.0695. The van der Waals surface area contributed by atoms with Gasteiger partial charge in [0.05, 0.1) is 26.4 Å². The molecule has 1 aliphatic heterocycles. The van der Waals surface area contributed by atoms with Crippen molar-refractivity contribution in [1.82, 2.24) is 25.5 Å². The van der Waals surface area contributed by atoms with E-state index in [0.717, 1.165) is 76.5 Å². The summed E-state index contributed by atoms with van der Waals surface area (Å²) >= 11 is 0. The second kappa shape index (κ2) is 20.5. The van der Waals surface area contributed by atoms with Crippen LogP contribution in [0.5, 0.6) is 0 Å². The van der Waals surface area contributed by atoms with E-state index in [1.807, 2.05) is 13.0 Å². The number of benzene rings is 1. The van der Waals surface area contributed by atoms with Gasteiger partial charge in [0.15, 0.2) is 0 Å². The fraction of sp³-hybridized carbons (Fsp3) is 0.697. The molecule has 1 saturated heterocycles. The molecule has 0 unspecified atom stereocenters. The number of hydrogen-bond donors (Lipinski definition) is 5. The lowest BCUT2D eigenvalue weighted by Crippen LogP contribution is -2.47. The number of aliphatic hydroxyl groups is 1. The molecule has 0 atom stereocenters. The number of piperazine rings is 1. The Morgan fingerprint density at radius 3 is 2.36 bits per heavy atom. The SMILES string of the molecule is CCOCCNc1cc(N2CCN(CCOCCO)CC2)nc(NCc2ccc(CNCCCNC3CCCCC3)cc2)n1. The lowest BCUT2D eigenvalue weighted by Gasteiger charge is -2.35. The first-order valence-electron chi connectivity index (χ1n) is 16.9. The zero-order valence-electron chi connectivity index (χ0n) is 26.9. The maximum atomic E-state index is 8.91. The molecule has 2 aromatic rings. The summed E-state index contributed by atoms with van der Waals surface area (Å²) in [4.78, 5) is 14.3. The summed E-state index contributed by atoms with van der Waals surface area (Å²) in [7, 11) is 0. The molecule has 44 heavy (non-hydrogen) atoms. The van der Waals surface area contributed by atoms with Crippen molar-refractivity contribution in [1.29, 1.82) is 0 Å². The molecule has 0 radical (unpaired) electrons. The summed E-state index contributed by atoms with van der Waals surface area (Å²) in [5, 5.41) is 23.1. The summed E-state index contributed by atoms with van der Waals surface area (Å²) in [6, 6.07) is 11.6. The number of hydrogen-bond acceptors (Lipinski definition) is 11. The number of aromatic nitrogens is 2. The van der Waals surface area contributed by atoms with E-state index in [1.54, 1.807) is 0 Å². The first kappa shape index (κ1) is 34.3. The lowest BCUT2D eigenvalue weighted by molar-refractivity contribution is 0.0724. The molecule has 1 aliphatic carbocycles. The summed E-state index contributed by atoms with van der Waals surface area (Å²) in [6.07, 6.45) is 8.04. The quantitative estimate of drug-likeness (QED) is 0.134. The van der Waals surface area contributed by atoms with Crippen molar-refractivity contribution >= 4 is 17.6 Å². The van der Waals surface area contributed by atoms with E-state index < -0.39 is 0 Å². The van der Waals surface area contributed by atoms with Crippen LogP contribution < -0.4 is 26.2 Å². The molecule has 11 heteroatoms. The third-order valence-corrected chi connectivity index (χ3v) is 8.32. The van der Waals surface area contributed by atoms with Crippen molar-refractivity contribution in [2.45, 2.75) is 64.6 Å². The normalized spacial score (nSPS) is 16.4. The standard InChI is InChI=1S/C33H56N8O3/c1-2-43-22-15-36-31-25-32(41-18-16-40(17-19-41)20-23-44-24-21-42)39-33(38-31)37-27-29-11-9-28(10-12-29)26-34-13-6-14-35-30-7-4-3-5-8-30/h9-12,25,30,34-35,42H,2-8,13-24,26-27H2,1H3,(H2,36,37,38,39). The Kier molecular flexibility index (Phi) is 16.0. The van der Waals surface area contributed by atoms with Crippen molar-refractivity contribution in [3.63, 3.8) is 0 Å². The monoisotopic (exact) mass is 612 g/mol. The zero-order valence-corrected chi connectivity index (χ0v) is 26.9. The van der Waals surface area contributed by atoms with Crippen molar-refractivity contribution < 1.29 is 14.6 Å². The number of ether oxygens (including phenoxy) is 2. The van der Waals surface area contributed by atoms with Crippen molar-refractivity contribution in [2.24, 2.45) is 0 Å². The molecule has 1 aromatic heterocycles. The third-order valence-electron chi connectivity index (χ3n) is 8.32. The maximum Gasteiger partial charge on any atom is 0.226 e. The van der Waals surface area contributed by atoms with E-state index in [9.17, 15) is 0 Å². The van der Waals surface area contributed by atoms with Gasteiger partial charge >= 0.3 is 0 Å². The Labute approximate surface area is 264 Å². The van der Waals surface area contributed by atoms with Gasteiger partial charge in [0, 0.05) is 71.1 Å². The Morgan fingerprint density at radius 1 is 0.841 bits per heavy atom. The highest BCUT2D eigenvalue weighted by Crippen LogP contribution is 2.21. The van der Waals surface area contributed by atoms with Crippen LogP contribution in [0.3, 0.4) is 0 Å². The molecule has 0 bridgehead atoms. The number of nitrogens with one attached hydrogen (secondary N) is 4. The van der Waals surface area contributed by atoms with E-state index >= 15 is 0 Å². The summed E-state index contributed by atoms with van der Waals surface area (Å²) in [5.41, 5.74) is 2.49. The molecule has 5 N–H and O–H groups in total. The van der Waals surface area contributed by atoms with Crippen LogP contribution in [0.4, 0.5) is 17.6 Å². The molecule has 4 rings (SSSR count). The van der Waals surface area contributed by atoms with Gasteiger partial charge in [0.1, 0.15) is 11.6 Å². The lowest BCUT2D eigenvalue weighted by atomic mass is 9.95. The van der Waals surface area contributed by atoms with Crippen LogP contribution >= 0.6 is 0 Å². The molecule has 11 nitrogen and oxygen atoms in total. The van der Waals surface area contributed by atoms with Crippen LogP contribution in [-0.4, -0.2) is 111 Å². The van der Waals surface area contributed by atoms with Crippen LogP contribution in [0.25, 0.3) is 0 Å².